The number of hydrogen-bond donors (Lipinski definition) is 1. The summed E-state index contributed by atoms with van der Waals surface area (Å²) in [4.78, 5) is 28.5. The van der Waals surface area contributed by atoms with Crippen molar-refractivity contribution in [2.75, 3.05) is 25.9 Å². The zero-order valence-corrected chi connectivity index (χ0v) is 27.2. The first-order chi connectivity index (χ1) is 19.6. The van der Waals surface area contributed by atoms with Crippen LogP contribution in [0.2, 0.25) is 0 Å². The van der Waals surface area contributed by atoms with Crippen molar-refractivity contribution >= 4 is 31.7 Å². The molecular formula is C31H45N3O6S2. The van der Waals surface area contributed by atoms with Gasteiger partial charge in [-0.2, -0.15) is 4.31 Å². The zero-order chi connectivity index (χ0) is 31.3. The molecule has 0 aliphatic carbocycles. The van der Waals surface area contributed by atoms with E-state index in [1.807, 2.05) is 65.0 Å². The van der Waals surface area contributed by atoms with E-state index in [1.54, 1.807) is 4.90 Å². The number of carbonyl (C=O) groups is 2. The second kappa shape index (κ2) is 13.7. The average Bonchev–Trinajstić information content (AvgIpc) is 3.40. The Hall–Kier alpha value is -2.76. The van der Waals surface area contributed by atoms with Crippen molar-refractivity contribution in [3.05, 3.63) is 60.2 Å². The van der Waals surface area contributed by atoms with Crippen LogP contribution >= 0.6 is 0 Å². The van der Waals surface area contributed by atoms with Crippen LogP contribution in [0, 0.1) is 11.3 Å². The lowest BCUT2D eigenvalue weighted by molar-refractivity contribution is -0.141. The second-order valence-corrected chi connectivity index (χ2v) is 16.2. The largest absolute Gasteiger partial charge is 0.344 e. The lowest BCUT2D eigenvalue weighted by atomic mass is 9.85. The van der Waals surface area contributed by atoms with E-state index in [0.717, 1.165) is 18.2 Å². The summed E-state index contributed by atoms with van der Waals surface area (Å²) < 4.78 is 53.2. The molecule has 1 saturated heterocycles. The van der Waals surface area contributed by atoms with Crippen molar-refractivity contribution in [1.29, 1.82) is 0 Å². The molecule has 2 amide bonds. The summed E-state index contributed by atoms with van der Waals surface area (Å²) in [7, 11) is -7.51. The summed E-state index contributed by atoms with van der Waals surface area (Å²) in [6.45, 7) is 10.2. The highest BCUT2D eigenvalue weighted by molar-refractivity contribution is 7.90. The van der Waals surface area contributed by atoms with E-state index in [1.165, 1.54) is 28.6 Å². The lowest BCUT2D eigenvalue weighted by Gasteiger charge is -2.37. The van der Waals surface area contributed by atoms with Gasteiger partial charge in [-0.15, -0.1) is 0 Å². The fourth-order valence-corrected chi connectivity index (χ4v) is 7.16. The van der Waals surface area contributed by atoms with Crippen LogP contribution in [0.5, 0.6) is 0 Å². The predicted molar refractivity (Wildman–Crippen MR) is 164 cm³/mol. The molecule has 1 fully saturated rings. The summed E-state index contributed by atoms with van der Waals surface area (Å²) in [6.07, 6.45) is 3.55. The van der Waals surface area contributed by atoms with Crippen molar-refractivity contribution in [2.45, 2.75) is 82.2 Å². The summed E-state index contributed by atoms with van der Waals surface area (Å²) in [5, 5.41) is 2.97. The van der Waals surface area contributed by atoms with Gasteiger partial charge >= 0.3 is 0 Å². The Morgan fingerprint density at radius 3 is 2.14 bits per heavy atom. The lowest BCUT2D eigenvalue weighted by Crippen LogP contribution is -2.57. The van der Waals surface area contributed by atoms with Gasteiger partial charge in [0.15, 0.2) is 9.84 Å². The maximum absolute atomic E-state index is 13.9. The van der Waals surface area contributed by atoms with E-state index < -0.39 is 31.3 Å². The van der Waals surface area contributed by atoms with Crippen molar-refractivity contribution in [3.8, 4) is 0 Å². The minimum atomic E-state index is -4.02. The molecule has 0 aromatic heterocycles. The van der Waals surface area contributed by atoms with E-state index in [4.69, 9.17) is 0 Å². The molecule has 0 spiro atoms. The molecule has 42 heavy (non-hydrogen) atoms. The van der Waals surface area contributed by atoms with Crippen molar-refractivity contribution in [3.63, 3.8) is 0 Å². The van der Waals surface area contributed by atoms with E-state index in [2.05, 4.69) is 5.32 Å². The van der Waals surface area contributed by atoms with Gasteiger partial charge in [0.2, 0.25) is 21.8 Å². The molecule has 1 heterocycles. The summed E-state index contributed by atoms with van der Waals surface area (Å²) in [6, 6.07) is 13.7. The van der Waals surface area contributed by atoms with Crippen LogP contribution in [0.1, 0.15) is 59.4 Å². The average molecular weight is 620 g/mol. The van der Waals surface area contributed by atoms with Gasteiger partial charge in [-0.1, -0.05) is 65.0 Å². The normalized spacial score (nSPS) is 17.7. The first-order valence-electron chi connectivity index (χ1n) is 14.5. The number of rotatable bonds is 12. The summed E-state index contributed by atoms with van der Waals surface area (Å²) in [5.41, 5.74) is 0.429. The van der Waals surface area contributed by atoms with Gasteiger partial charge in [-0.25, -0.2) is 16.8 Å². The highest BCUT2D eigenvalue weighted by Gasteiger charge is 2.41. The third kappa shape index (κ3) is 8.41. The highest BCUT2D eigenvalue weighted by atomic mass is 32.2. The number of hydrogen-bond acceptors (Lipinski definition) is 6. The topological polar surface area (TPSA) is 121 Å². The van der Waals surface area contributed by atoms with Gasteiger partial charge in [0.05, 0.1) is 9.79 Å². The van der Waals surface area contributed by atoms with Crippen LogP contribution in [0.25, 0.3) is 0 Å². The molecule has 3 atom stereocenters. The molecule has 1 aliphatic rings. The molecule has 0 unspecified atom stereocenters. The Morgan fingerprint density at radius 1 is 1.00 bits per heavy atom. The van der Waals surface area contributed by atoms with E-state index in [9.17, 15) is 26.4 Å². The molecule has 1 aliphatic heterocycles. The molecular weight excluding hydrogens is 574 g/mol. The Bertz CT molecular complexity index is 1440. The number of carbonyl (C=O) groups excluding carboxylic acids is 2. The summed E-state index contributed by atoms with van der Waals surface area (Å²) >= 11 is 0. The van der Waals surface area contributed by atoms with Crippen LogP contribution in [-0.4, -0.2) is 75.8 Å². The van der Waals surface area contributed by atoms with Crippen LogP contribution in [0.4, 0.5) is 0 Å². The third-order valence-corrected chi connectivity index (χ3v) is 10.9. The van der Waals surface area contributed by atoms with Crippen molar-refractivity contribution < 1.29 is 26.4 Å². The first-order valence-corrected chi connectivity index (χ1v) is 17.8. The highest BCUT2D eigenvalue weighted by Crippen LogP contribution is 2.28. The number of nitrogens with zero attached hydrogens (tertiary/aromatic N) is 2. The van der Waals surface area contributed by atoms with Gasteiger partial charge < -0.3 is 10.2 Å². The van der Waals surface area contributed by atoms with Crippen molar-refractivity contribution in [2.24, 2.45) is 11.3 Å². The molecule has 9 nitrogen and oxygen atoms in total. The van der Waals surface area contributed by atoms with E-state index >= 15 is 0 Å². The van der Waals surface area contributed by atoms with Crippen LogP contribution in [0.3, 0.4) is 0 Å². The molecule has 11 heteroatoms. The third-order valence-electron chi connectivity index (χ3n) is 7.92. The second-order valence-electron chi connectivity index (χ2n) is 12.3. The number of likely N-dealkylation sites (tertiary alicyclic amines) is 1. The molecule has 3 rings (SSSR count). The molecule has 0 bridgehead atoms. The van der Waals surface area contributed by atoms with E-state index in [0.29, 0.717) is 25.8 Å². The Morgan fingerprint density at radius 2 is 1.60 bits per heavy atom. The maximum Gasteiger partial charge on any atom is 0.245 e. The smallest absolute Gasteiger partial charge is 0.245 e. The number of nitrogens with one attached hydrogen (secondary N) is 1. The monoisotopic (exact) mass is 619 g/mol. The molecule has 2 aromatic rings. The number of benzene rings is 2. The number of amides is 2. The van der Waals surface area contributed by atoms with Crippen LogP contribution in [0.15, 0.2) is 64.4 Å². The SMILES string of the molecule is CC[C@@H](C)C(=O)N[C@H](C(=O)N1CCC[C@H]1CN(CCc1ccccc1)S(=O)(=O)c1ccc(S(C)(=O)=O)cc1)C(C)(C)C. The number of sulfonamides is 1. The Labute approximate surface area is 251 Å². The maximum atomic E-state index is 13.9. The fraction of sp³-hybridized carbons (Fsp3) is 0.548. The quantitative estimate of drug-likeness (QED) is 0.385. The molecule has 1 N–H and O–H groups in total. The van der Waals surface area contributed by atoms with Gasteiger partial charge in [0.25, 0.3) is 0 Å². The minimum Gasteiger partial charge on any atom is -0.344 e. The Balaban J connectivity index is 1.91. The molecule has 0 radical (unpaired) electrons. The van der Waals surface area contributed by atoms with Crippen molar-refractivity contribution in [1.82, 2.24) is 14.5 Å². The predicted octanol–water partition coefficient (Wildman–Crippen LogP) is 3.89. The van der Waals surface area contributed by atoms with Gasteiger partial charge in [-0.05, 0) is 60.9 Å². The minimum absolute atomic E-state index is 0.00720. The van der Waals surface area contributed by atoms with Gasteiger partial charge in [0.1, 0.15) is 6.04 Å². The number of sulfone groups is 1. The first kappa shape index (κ1) is 33.7. The fourth-order valence-electron chi connectivity index (χ4n) is 5.05. The molecule has 0 saturated carbocycles. The van der Waals surface area contributed by atoms with Crippen LogP contribution in [-0.2, 0) is 35.9 Å². The van der Waals surface area contributed by atoms with Crippen LogP contribution < -0.4 is 5.32 Å². The standard InChI is InChI=1S/C31H45N3O6S2/c1-7-23(2)29(35)32-28(31(3,4)5)30(36)34-20-11-14-25(34)22-33(21-19-24-12-9-8-10-13-24)42(39,40)27-17-15-26(16-18-27)41(6,37)38/h8-10,12-13,15-18,23,25,28H,7,11,14,19-22H2,1-6H3,(H,32,35)/t23-,25+,28-/m1/s1. The van der Waals surface area contributed by atoms with Gasteiger partial charge in [0, 0.05) is 37.8 Å². The molecule has 232 valence electrons. The summed E-state index contributed by atoms with van der Waals surface area (Å²) in [5.74, 6) is -0.615. The van der Waals surface area contributed by atoms with E-state index in [-0.39, 0.29) is 46.7 Å². The van der Waals surface area contributed by atoms with Gasteiger partial charge in [-0.3, -0.25) is 9.59 Å². The Kier molecular flexibility index (Phi) is 11.0. The molecule has 2 aromatic carbocycles. The zero-order valence-electron chi connectivity index (χ0n) is 25.5.